The summed E-state index contributed by atoms with van der Waals surface area (Å²) in [5.74, 6) is 0.665. The zero-order valence-electron chi connectivity index (χ0n) is 20.6. The van der Waals surface area contributed by atoms with Crippen LogP contribution in [0.1, 0.15) is 65.8 Å². The summed E-state index contributed by atoms with van der Waals surface area (Å²) in [5.41, 5.74) is 10.8. The van der Waals surface area contributed by atoms with Crippen LogP contribution >= 0.6 is 0 Å². The Morgan fingerprint density at radius 2 is 1.94 bits per heavy atom. The highest BCUT2D eigenvalue weighted by molar-refractivity contribution is 6.03. The summed E-state index contributed by atoms with van der Waals surface area (Å²) in [4.78, 5) is 34.6. The van der Waals surface area contributed by atoms with Crippen LogP contribution in [0, 0.1) is 13.8 Å². The molecule has 0 aliphatic carbocycles. The average molecular weight is 476 g/mol. The molecular weight excluding hydrogens is 442 g/mol. The van der Waals surface area contributed by atoms with E-state index in [-0.39, 0.29) is 23.9 Å². The smallest absolute Gasteiger partial charge is 0.256 e. The Hall–Kier alpha value is -3.46. The topological polar surface area (TPSA) is 109 Å². The molecule has 9 nitrogen and oxygen atoms in total. The number of fused-ring (bicyclic) bond motifs is 1. The van der Waals surface area contributed by atoms with Crippen molar-refractivity contribution >= 4 is 29.0 Å². The second-order valence-corrected chi connectivity index (χ2v) is 9.85. The number of rotatable bonds is 4. The van der Waals surface area contributed by atoms with E-state index in [0.717, 1.165) is 67.1 Å². The molecule has 0 unspecified atom stereocenters. The van der Waals surface area contributed by atoms with Crippen molar-refractivity contribution in [3.63, 3.8) is 0 Å². The number of nitrogens with two attached hydrogens (primary N) is 1. The minimum absolute atomic E-state index is 0.0879. The number of amides is 2. The zero-order valence-corrected chi connectivity index (χ0v) is 20.6. The average Bonchev–Trinajstić information content (AvgIpc) is 3.44. The molecule has 2 aliphatic heterocycles. The number of anilines is 2. The van der Waals surface area contributed by atoms with Gasteiger partial charge in [0.05, 0.1) is 23.0 Å². The fraction of sp³-hybridized carbons (Fsp3) is 0.462. The number of carbonyl (C=O) groups is 2. The number of hydrogen-bond donors (Lipinski definition) is 2. The summed E-state index contributed by atoms with van der Waals surface area (Å²) < 4.78 is 1.82. The number of aryl methyl sites for hydroxylation is 2. The first-order valence-electron chi connectivity index (χ1n) is 12.4. The molecular formula is C26H33N7O2. The molecule has 2 aromatic heterocycles. The monoisotopic (exact) mass is 475 g/mol. The fourth-order valence-corrected chi connectivity index (χ4v) is 5.25. The Morgan fingerprint density at radius 3 is 2.69 bits per heavy atom. The van der Waals surface area contributed by atoms with Crippen molar-refractivity contribution in [1.82, 2.24) is 19.5 Å². The van der Waals surface area contributed by atoms with E-state index in [9.17, 15) is 9.59 Å². The summed E-state index contributed by atoms with van der Waals surface area (Å²) in [6.45, 7) is 7.81. The first kappa shape index (κ1) is 23.3. The molecule has 2 aliphatic rings. The second-order valence-electron chi connectivity index (χ2n) is 9.85. The summed E-state index contributed by atoms with van der Waals surface area (Å²) in [7, 11) is 0. The van der Waals surface area contributed by atoms with Gasteiger partial charge in [-0.15, -0.1) is 0 Å². The molecule has 1 aromatic carbocycles. The van der Waals surface area contributed by atoms with Gasteiger partial charge >= 0.3 is 0 Å². The van der Waals surface area contributed by atoms with E-state index in [1.54, 1.807) is 6.07 Å². The lowest BCUT2D eigenvalue weighted by Crippen LogP contribution is -2.39. The van der Waals surface area contributed by atoms with Gasteiger partial charge in [-0.25, -0.2) is 9.50 Å². The Labute approximate surface area is 205 Å². The molecule has 2 saturated heterocycles. The lowest BCUT2D eigenvalue weighted by molar-refractivity contribution is -0.114. The van der Waals surface area contributed by atoms with Gasteiger partial charge in [0.25, 0.3) is 5.91 Å². The lowest BCUT2D eigenvalue weighted by Gasteiger charge is -2.35. The number of nitrogens with zero attached hydrogens (tertiary/aromatic N) is 5. The van der Waals surface area contributed by atoms with Crippen LogP contribution in [0.3, 0.4) is 0 Å². The molecule has 0 spiro atoms. The van der Waals surface area contributed by atoms with Crippen LogP contribution in [0.2, 0.25) is 0 Å². The van der Waals surface area contributed by atoms with E-state index in [0.29, 0.717) is 17.8 Å². The molecule has 2 fully saturated rings. The normalized spacial score (nSPS) is 20.5. The summed E-state index contributed by atoms with van der Waals surface area (Å²) >= 11 is 0. The summed E-state index contributed by atoms with van der Waals surface area (Å²) in [6, 6.07) is 7.58. The van der Waals surface area contributed by atoms with Crippen molar-refractivity contribution in [3.05, 3.63) is 52.8 Å². The number of benzene rings is 1. The van der Waals surface area contributed by atoms with E-state index in [1.807, 2.05) is 47.7 Å². The number of carbonyl (C=O) groups excluding carboxylic acids is 2. The number of piperidine rings is 1. The third kappa shape index (κ3) is 4.60. The third-order valence-corrected chi connectivity index (χ3v) is 6.97. The van der Waals surface area contributed by atoms with Crippen LogP contribution in [0.5, 0.6) is 0 Å². The molecule has 0 radical (unpaired) electrons. The zero-order chi connectivity index (χ0) is 24.7. The lowest BCUT2D eigenvalue weighted by atomic mass is 9.97. The highest BCUT2D eigenvalue weighted by atomic mass is 16.2. The predicted molar refractivity (Wildman–Crippen MR) is 136 cm³/mol. The maximum atomic E-state index is 13.8. The Kier molecular flexibility index (Phi) is 6.19. The second kappa shape index (κ2) is 9.30. The van der Waals surface area contributed by atoms with Gasteiger partial charge in [0, 0.05) is 50.4 Å². The SMILES string of the molecule is CC(=O)Nc1ccc(C)cc1C(=O)N1CCCC[C@H]1c1cc2nc(N3CC[C@H](N)C3)c(C)cn2n1. The number of aromatic nitrogens is 3. The highest BCUT2D eigenvalue weighted by Crippen LogP contribution is 2.34. The van der Waals surface area contributed by atoms with Crippen LogP contribution in [-0.2, 0) is 4.79 Å². The Bertz CT molecular complexity index is 1280. The van der Waals surface area contributed by atoms with Crippen molar-refractivity contribution in [2.75, 3.05) is 29.9 Å². The molecule has 0 bridgehead atoms. The first-order valence-corrected chi connectivity index (χ1v) is 12.4. The molecule has 184 valence electrons. The highest BCUT2D eigenvalue weighted by Gasteiger charge is 2.32. The molecule has 4 heterocycles. The van der Waals surface area contributed by atoms with Crippen LogP contribution in [0.25, 0.3) is 5.65 Å². The number of likely N-dealkylation sites (tertiary alicyclic amines) is 1. The number of nitrogens with one attached hydrogen (secondary N) is 1. The summed E-state index contributed by atoms with van der Waals surface area (Å²) in [6.07, 6.45) is 5.78. The maximum absolute atomic E-state index is 13.8. The molecule has 2 atom stereocenters. The van der Waals surface area contributed by atoms with Gasteiger partial charge in [-0.1, -0.05) is 11.6 Å². The minimum Gasteiger partial charge on any atom is -0.355 e. The molecule has 3 aromatic rings. The number of hydrogen-bond acceptors (Lipinski definition) is 6. The van der Waals surface area contributed by atoms with Gasteiger partial charge in [-0.3, -0.25) is 9.59 Å². The molecule has 0 saturated carbocycles. The van der Waals surface area contributed by atoms with Gasteiger partial charge in [-0.05, 0) is 51.7 Å². The van der Waals surface area contributed by atoms with Crippen LogP contribution in [0.15, 0.2) is 30.5 Å². The first-order chi connectivity index (χ1) is 16.8. The summed E-state index contributed by atoms with van der Waals surface area (Å²) in [5, 5.41) is 7.65. The van der Waals surface area contributed by atoms with Crippen LogP contribution in [-0.4, -0.2) is 57.0 Å². The molecule has 2 amide bonds. The van der Waals surface area contributed by atoms with E-state index >= 15 is 0 Å². The van der Waals surface area contributed by atoms with E-state index in [2.05, 4.69) is 10.2 Å². The van der Waals surface area contributed by atoms with Gasteiger partial charge in [0.2, 0.25) is 5.91 Å². The Morgan fingerprint density at radius 1 is 1.11 bits per heavy atom. The maximum Gasteiger partial charge on any atom is 0.256 e. The van der Waals surface area contributed by atoms with E-state index in [4.69, 9.17) is 15.8 Å². The van der Waals surface area contributed by atoms with Gasteiger partial charge in [0.15, 0.2) is 5.65 Å². The predicted octanol–water partition coefficient (Wildman–Crippen LogP) is 3.21. The van der Waals surface area contributed by atoms with Crippen molar-refractivity contribution < 1.29 is 9.59 Å². The van der Waals surface area contributed by atoms with Gasteiger partial charge in [0.1, 0.15) is 5.82 Å². The molecule has 35 heavy (non-hydrogen) atoms. The van der Waals surface area contributed by atoms with Gasteiger partial charge in [-0.2, -0.15) is 5.10 Å². The molecule has 5 rings (SSSR count). The van der Waals surface area contributed by atoms with Crippen molar-refractivity contribution in [3.8, 4) is 0 Å². The minimum atomic E-state index is -0.199. The third-order valence-electron chi connectivity index (χ3n) is 6.97. The largest absolute Gasteiger partial charge is 0.355 e. The molecule has 9 heteroatoms. The fourth-order valence-electron chi connectivity index (χ4n) is 5.25. The quantitative estimate of drug-likeness (QED) is 0.600. The van der Waals surface area contributed by atoms with E-state index in [1.165, 1.54) is 6.92 Å². The van der Waals surface area contributed by atoms with Crippen LogP contribution in [0.4, 0.5) is 11.5 Å². The Balaban J connectivity index is 1.48. The van der Waals surface area contributed by atoms with Crippen molar-refractivity contribution in [2.24, 2.45) is 5.73 Å². The van der Waals surface area contributed by atoms with Crippen LogP contribution < -0.4 is 16.0 Å². The van der Waals surface area contributed by atoms with Crippen molar-refractivity contribution in [1.29, 1.82) is 0 Å². The van der Waals surface area contributed by atoms with Gasteiger partial charge < -0.3 is 20.9 Å². The van der Waals surface area contributed by atoms with E-state index < -0.39 is 0 Å². The van der Waals surface area contributed by atoms with Crippen molar-refractivity contribution in [2.45, 2.75) is 58.5 Å². The standard InChI is InChI=1S/C26H33N7O2/c1-16-7-8-21(28-18(3)34)20(12-16)26(35)32-10-5-4-6-23(32)22-13-24-29-25(17(2)14-33(24)30-22)31-11-9-19(27)15-31/h7-8,12-14,19,23H,4-6,9-11,15,27H2,1-3H3,(H,28,34)/t19-,23-/m0/s1. The molecule has 3 N–H and O–H groups in total.